The fraction of sp³-hybridized carbons (Fsp3) is 0.700. The van der Waals surface area contributed by atoms with Crippen molar-refractivity contribution in [3.8, 4) is 0 Å². The highest BCUT2D eigenvalue weighted by Crippen LogP contribution is 2.27. The SMILES string of the molecule is CCCCCCc1cc(C(F)(F)F)n[nH]1. The fourth-order valence-corrected chi connectivity index (χ4v) is 1.38. The van der Waals surface area contributed by atoms with Crippen LogP contribution in [0.25, 0.3) is 0 Å². The van der Waals surface area contributed by atoms with Gasteiger partial charge in [0.25, 0.3) is 0 Å². The van der Waals surface area contributed by atoms with E-state index in [4.69, 9.17) is 0 Å². The lowest BCUT2D eigenvalue weighted by Gasteiger charge is -1.99. The second-order valence-electron chi connectivity index (χ2n) is 3.59. The normalized spacial score (nSPS) is 12.0. The van der Waals surface area contributed by atoms with Crippen molar-refractivity contribution in [3.05, 3.63) is 17.5 Å². The lowest BCUT2D eigenvalue weighted by molar-refractivity contribution is -0.141. The molecule has 0 atom stereocenters. The number of aromatic nitrogens is 2. The molecule has 0 saturated heterocycles. The van der Waals surface area contributed by atoms with Crippen LogP contribution in [0.15, 0.2) is 6.07 Å². The summed E-state index contributed by atoms with van der Waals surface area (Å²) in [5.41, 5.74) is -0.258. The predicted molar refractivity (Wildman–Crippen MR) is 51.4 cm³/mol. The maximum Gasteiger partial charge on any atom is 0.435 e. The van der Waals surface area contributed by atoms with Crippen LogP contribution in [-0.4, -0.2) is 10.2 Å². The van der Waals surface area contributed by atoms with Crippen molar-refractivity contribution in [1.82, 2.24) is 10.2 Å². The molecule has 0 radical (unpaired) electrons. The maximum atomic E-state index is 12.2. The number of hydrogen-bond acceptors (Lipinski definition) is 1. The third-order valence-electron chi connectivity index (χ3n) is 2.22. The number of rotatable bonds is 5. The highest BCUT2D eigenvalue weighted by Gasteiger charge is 2.33. The van der Waals surface area contributed by atoms with Gasteiger partial charge in [0.2, 0.25) is 0 Å². The molecule has 0 amide bonds. The average molecular weight is 220 g/mol. The molecule has 0 aliphatic carbocycles. The number of halogens is 3. The largest absolute Gasteiger partial charge is 0.435 e. The van der Waals surface area contributed by atoms with Crippen LogP contribution in [0.2, 0.25) is 0 Å². The molecular formula is C10H15F3N2. The van der Waals surface area contributed by atoms with Crippen LogP contribution in [0.5, 0.6) is 0 Å². The number of alkyl halides is 3. The molecule has 1 aromatic rings. The summed E-state index contributed by atoms with van der Waals surface area (Å²) in [6, 6.07) is 1.09. The van der Waals surface area contributed by atoms with Crippen LogP contribution in [0.1, 0.15) is 44.0 Å². The minimum Gasteiger partial charge on any atom is -0.282 e. The molecule has 1 heterocycles. The molecule has 15 heavy (non-hydrogen) atoms. The van der Waals surface area contributed by atoms with Crippen molar-refractivity contribution in [2.75, 3.05) is 0 Å². The highest BCUT2D eigenvalue weighted by molar-refractivity contribution is 5.11. The Hall–Kier alpha value is -1.00. The summed E-state index contributed by atoms with van der Waals surface area (Å²) in [4.78, 5) is 0. The first-order chi connectivity index (χ1) is 7.04. The highest BCUT2D eigenvalue weighted by atomic mass is 19.4. The van der Waals surface area contributed by atoms with Gasteiger partial charge < -0.3 is 0 Å². The quantitative estimate of drug-likeness (QED) is 0.755. The van der Waals surface area contributed by atoms with E-state index in [9.17, 15) is 13.2 Å². The molecule has 0 unspecified atom stereocenters. The molecule has 1 N–H and O–H groups in total. The van der Waals surface area contributed by atoms with Gasteiger partial charge in [-0.1, -0.05) is 26.2 Å². The van der Waals surface area contributed by atoms with E-state index in [1.807, 2.05) is 0 Å². The lowest BCUT2D eigenvalue weighted by Crippen LogP contribution is -2.04. The van der Waals surface area contributed by atoms with Crippen LogP contribution in [0, 0.1) is 0 Å². The van der Waals surface area contributed by atoms with Crippen LogP contribution in [0.4, 0.5) is 13.2 Å². The van der Waals surface area contributed by atoms with E-state index >= 15 is 0 Å². The summed E-state index contributed by atoms with van der Waals surface area (Å²) in [7, 11) is 0. The minimum absolute atomic E-state index is 0.568. The Morgan fingerprint density at radius 3 is 2.53 bits per heavy atom. The molecule has 1 rings (SSSR count). The molecule has 0 saturated carbocycles. The Bertz CT molecular complexity index is 291. The van der Waals surface area contributed by atoms with Crippen molar-refractivity contribution in [3.63, 3.8) is 0 Å². The molecule has 86 valence electrons. The number of H-pyrrole nitrogens is 1. The van der Waals surface area contributed by atoms with Gasteiger partial charge in [-0.25, -0.2) is 0 Å². The zero-order valence-corrected chi connectivity index (χ0v) is 8.69. The van der Waals surface area contributed by atoms with Crippen molar-refractivity contribution in [1.29, 1.82) is 0 Å². The Kier molecular flexibility index (Phi) is 4.17. The van der Waals surface area contributed by atoms with Crippen molar-refractivity contribution in [2.24, 2.45) is 0 Å². The Labute approximate surface area is 86.9 Å². The van der Waals surface area contributed by atoms with Crippen molar-refractivity contribution < 1.29 is 13.2 Å². The molecule has 2 nitrogen and oxygen atoms in total. The Morgan fingerprint density at radius 1 is 1.27 bits per heavy atom. The summed E-state index contributed by atoms with van der Waals surface area (Å²) in [5.74, 6) is 0. The van der Waals surface area contributed by atoms with Crippen LogP contribution in [-0.2, 0) is 12.6 Å². The number of hydrogen-bond donors (Lipinski definition) is 1. The van der Waals surface area contributed by atoms with E-state index < -0.39 is 11.9 Å². The van der Waals surface area contributed by atoms with Crippen LogP contribution in [0.3, 0.4) is 0 Å². The molecular weight excluding hydrogens is 205 g/mol. The van der Waals surface area contributed by atoms with E-state index in [1.165, 1.54) is 0 Å². The Morgan fingerprint density at radius 2 is 2.00 bits per heavy atom. The van der Waals surface area contributed by atoms with Crippen LogP contribution >= 0.6 is 0 Å². The van der Waals surface area contributed by atoms with E-state index in [-0.39, 0.29) is 0 Å². The molecule has 1 aromatic heterocycles. The van der Waals surface area contributed by atoms with Gasteiger partial charge in [0.15, 0.2) is 5.69 Å². The zero-order chi connectivity index (χ0) is 11.3. The second kappa shape index (κ2) is 5.19. The predicted octanol–water partition coefficient (Wildman–Crippen LogP) is 3.55. The first kappa shape index (κ1) is 12.1. The molecule has 0 aromatic carbocycles. The number of nitrogens with one attached hydrogen (secondary N) is 1. The third-order valence-corrected chi connectivity index (χ3v) is 2.22. The minimum atomic E-state index is -4.34. The van der Waals surface area contributed by atoms with E-state index in [1.54, 1.807) is 0 Å². The summed E-state index contributed by atoms with van der Waals surface area (Å²) < 4.78 is 36.5. The fourth-order valence-electron chi connectivity index (χ4n) is 1.38. The number of nitrogens with zero attached hydrogens (tertiary/aromatic N) is 1. The average Bonchev–Trinajstić information content (AvgIpc) is 2.60. The van der Waals surface area contributed by atoms with Crippen LogP contribution < -0.4 is 0 Å². The van der Waals surface area contributed by atoms with Crippen molar-refractivity contribution in [2.45, 2.75) is 45.2 Å². The Balaban J connectivity index is 2.40. The maximum absolute atomic E-state index is 12.2. The van der Waals surface area contributed by atoms with Gasteiger partial charge in [-0.2, -0.15) is 18.3 Å². The third kappa shape index (κ3) is 3.93. The summed E-state index contributed by atoms with van der Waals surface area (Å²) in [5, 5.41) is 5.66. The van der Waals surface area contributed by atoms with Crippen molar-refractivity contribution >= 4 is 0 Å². The molecule has 0 bridgehead atoms. The zero-order valence-electron chi connectivity index (χ0n) is 8.69. The standard InChI is InChI=1S/C10H15F3N2/c1-2-3-4-5-6-8-7-9(15-14-8)10(11,12)13/h7H,2-6H2,1H3,(H,14,15). The van der Waals surface area contributed by atoms with E-state index in [0.717, 1.165) is 31.7 Å². The second-order valence-corrected chi connectivity index (χ2v) is 3.59. The molecule has 0 aliphatic rings. The summed E-state index contributed by atoms with van der Waals surface area (Å²) >= 11 is 0. The molecule has 0 spiro atoms. The smallest absolute Gasteiger partial charge is 0.282 e. The van der Waals surface area contributed by atoms with E-state index in [0.29, 0.717) is 12.1 Å². The first-order valence-corrected chi connectivity index (χ1v) is 5.15. The summed E-state index contributed by atoms with van der Waals surface area (Å²) in [6.45, 7) is 2.10. The number of aromatic amines is 1. The van der Waals surface area contributed by atoms with Gasteiger partial charge in [0.05, 0.1) is 0 Å². The van der Waals surface area contributed by atoms with Gasteiger partial charge >= 0.3 is 6.18 Å². The molecule has 5 heteroatoms. The summed E-state index contributed by atoms with van der Waals surface area (Å²) in [6.07, 6.45) is 0.516. The number of unbranched alkanes of at least 4 members (excludes halogenated alkanes) is 3. The molecule has 0 fully saturated rings. The van der Waals surface area contributed by atoms with Gasteiger partial charge in [0, 0.05) is 5.69 Å². The van der Waals surface area contributed by atoms with Gasteiger partial charge in [-0.15, -0.1) is 0 Å². The monoisotopic (exact) mass is 220 g/mol. The first-order valence-electron chi connectivity index (χ1n) is 5.15. The topological polar surface area (TPSA) is 28.7 Å². The molecule has 0 aliphatic heterocycles. The van der Waals surface area contributed by atoms with Gasteiger partial charge in [-0.05, 0) is 18.9 Å². The van der Waals surface area contributed by atoms with E-state index in [2.05, 4.69) is 17.1 Å². The lowest BCUT2D eigenvalue weighted by atomic mass is 10.1. The van der Waals surface area contributed by atoms with Gasteiger partial charge in [0.1, 0.15) is 0 Å². The van der Waals surface area contributed by atoms with Gasteiger partial charge in [-0.3, -0.25) is 5.10 Å². The number of aryl methyl sites for hydroxylation is 1.